The summed E-state index contributed by atoms with van der Waals surface area (Å²) in [5.41, 5.74) is 0.208. The Morgan fingerprint density at radius 2 is 2.26 bits per heavy atom. The van der Waals surface area contributed by atoms with Crippen molar-refractivity contribution < 1.29 is 14.1 Å². The van der Waals surface area contributed by atoms with E-state index in [9.17, 15) is 19.3 Å². The summed E-state index contributed by atoms with van der Waals surface area (Å²) in [7, 11) is 0. The predicted molar refractivity (Wildman–Crippen MR) is 70.8 cm³/mol. The highest BCUT2D eigenvalue weighted by molar-refractivity contribution is 9.10. The topological polar surface area (TPSA) is 85.1 Å². The standard InChI is InChI=1S/C10H5BrFN3O3S/c11-7-3-5(12)1-2-6(7)9(16)14-10-13-4-8(19-10)15(17)18/h1-4H,(H,13,14,16). The Bertz CT molecular complexity index is 661. The number of carbonyl (C=O) groups is 1. The lowest BCUT2D eigenvalue weighted by Gasteiger charge is -2.03. The molecule has 1 amide bonds. The molecule has 0 saturated heterocycles. The van der Waals surface area contributed by atoms with Gasteiger partial charge in [0, 0.05) is 4.47 Å². The van der Waals surface area contributed by atoms with Crippen molar-refractivity contribution in [3.63, 3.8) is 0 Å². The van der Waals surface area contributed by atoms with Crippen LogP contribution in [0.4, 0.5) is 14.5 Å². The van der Waals surface area contributed by atoms with E-state index in [1.54, 1.807) is 0 Å². The first kappa shape index (κ1) is 13.6. The maximum atomic E-state index is 12.9. The minimum Gasteiger partial charge on any atom is -0.298 e. The minimum atomic E-state index is -0.596. The van der Waals surface area contributed by atoms with Crippen LogP contribution in [0.25, 0.3) is 0 Å². The van der Waals surface area contributed by atoms with E-state index in [2.05, 4.69) is 26.2 Å². The fraction of sp³-hybridized carbons (Fsp3) is 0. The number of nitro groups is 1. The van der Waals surface area contributed by atoms with Crippen LogP contribution in [0.2, 0.25) is 0 Å². The van der Waals surface area contributed by atoms with Gasteiger partial charge < -0.3 is 0 Å². The van der Waals surface area contributed by atoms with Crippen LogP contribution >= 0.6 is 27.3 Å². The molecule has 98 valence electrons. The van der Waals surface area contributed by atoms with Crippen LogP contribution in [0.1, 0.15) is 10.4 Å². The van der Waals surface area contributed by atoms with Gasteiger partial charge in [-0.1, -0.05) is 0 Å². The van der Waals surface area contributed by atoms with Gasteiger partial charge in [-0.3, -0.25) is 20.2 Å². The average molecular weight is 346 g/mol. The van der Waals surface area contributed by atoms with Gasteiger partial charge in [-0.25, -0.2) is 9.37 Å². The molecule has 1 heterocycles. The largest absolute Gasteiger partial charge is 0.345 e. The van der Waals surface area contributed by atoms with Gasteiger partial charge in [0.25, 0.3) is 5.91 Å². The number of carbonyl (C=O) groups excluding carboxylic acids is 1. The molecule has 6 nitrogen and oxygen atoms in total. The number of benzene rings is 1. The molecular formula is C10H5BrFN3O3S. The second-order valence-corrected chi connectivity index (χ2v) is 5.20. The molecule has 0 aliphatic heterocycles. The summed E-state index contributed by atoms with van der Waals surface area (Å²) >= 11 is 3.80. The molecule has 0 aliphatic rings. The van der Waals surface area contributed by atoms with E-state index < -0.39 is 16.6 Å². The molecule has 0 aliphatic carbocycles. The summed E-state index contributed by atoms with van der Waals surface area (Å²) in [5, 5.41) is 12.8. The van der Waals surface area contributed by atoms with Crippen molar-refractivity contribution in [1.29, 1.82) is 0 Å². The Hall–Kier alpha value is -1.87. The number of thiazole rings is 1. The third-order valence-corrected chi connectivity index (χ3v) is 3.59. The van der Waals surface area contributed by atoms with Gasteiger partial charge in [0.05, 0.1) is 10.5 Å². The molecule has 1 aromatic carbocycles. The summed E-state index contributed by atoms with van der Waals surface area (Å²) in [6, 6.07) is 3.60. The highest BCUT2D eigenvalue weighted by Gasteiger charge is 2.16. The van der Waals surface area contributed by atoms with Gasteiger partial charge in [0.15, 0.2) is 5.13 Å². The van der Waals surface area contributed by atoms with Crippen molar-refractivity contribution >= 4 is 43.3 Å². The average Bonchev–Trinajstić information content (AvgIpc) is 2.77. The second-order valence-electron chi connectivity index (χ2n) is 3.34. The van der Waals surface area contributed by atoms with Gasteiger partial charge >= 0.3 is 5.00 Å². The fourth-order valence-corrected chi connectivity index (χ4v) is 2.40. The van der Waals surface area contributed by atoms with E-state index in [0.717, 1.165) is 29.7 Å². The lowest BCUT2D eigenvalue weighted by atomic mass is 10.2. The van der Waals surface area contributed by atoms with Crippen molar-refractivity contribution in [2.45, 2.75) is 0 Å². The molecule has 2 rings (SSSR count). The van der Waals surface area contributed by atoms with E-state index in [4.69, 9.17) is 0 Å². The molecule has 0 spiro atoms. The normalized spacial score (nSPS) is 10.2. The third-order valence-electron chi connectivity index (χ3n) is 2.07. The lowest BCUT2D eigenvalue weighted by Crippen LogP contribution is -2.12. The van der Waals surface area contributed by atoms with Crippen LogP contribution < -0.4 is 5.32 Å². The number of nitrogens with zero attached hydrogens (tertiary/aromatic N) is 2. The molecule has 9 heteroatoms. The lowest BCUT2D eigenvalue weighted by molar-refractivity contribution is -0.380. The first-order valence-corrected chi connectivity index (χ1v) is 6.45. The van der Waals surface area contributed by atoms with E-state index >= 15 is 0 Å². The Kier molecular flexibility index (Phi) is 3.86. The quantitative estimate of drug-likeness (QED) is 0.683. The highest BCUT2D eigenvalue weighted by Crippen LogP contribution is 2.26. The van der Waals surface area contributed by atoms with Gasteiger partial charge in [0.2, 0.25) is 0 Å². The van der Waals surface area contributed by atoms with Crippen molar-refractivity contribution in [3.8, 4) is 0 Å². The van der Waals surface area contributed by atoms with Gasteiger partial charge in [-0.15, -0.1) is 0 Å². The zero-order chi connectivity index (χ0) is 14.0. The van der Waals surface area contributed by atoms with E-state index in [-0.39, 0.29) is 20.2 Å². The maximum absolute atomic E-state index is 12.9. The summed E-state index contributed by atoms with van der Waals surface area (Å²) < 4.78 is 13.2. The highest BCUT2D eigenvalue weighted by atomic mass is 79.9. The number of aromatic nitrogens is 1. The predicted octanol–water partition coefficient (Wildman–Crippen LogP) is 3.21. The molecule has 2 aromatic rings. The van der Waals surface area contributed by atoms with Crippen LogP contribution in [0.3, 0.4) is 0 Å². The maximum Gasteiger partial charge on any atom is 0.345 e. The third kappa shape index (κ3) is 3.12. The second kappa shape index (κ2) is 5.41. The monoisotopic (exact) mass is 345 g/mol. The van der Waals surface area contributed by atoms with Crippen molar-refractivity contribution in [2.75, 3.05) is 5.32 Å². The van der Waals surface area contributed by atoms with Crippen LogP contribution in [0, 0.1) is 15.9 Å². The first-order valence-electron chi connectivity index (χ1n) is 4.84. The Labute approximate surface area is 118 Å². The molecule has 19 heavy (non-hydrogen) atoms. The Morgan fingerprint density at radius 3 is 2.84 bits per heavy atom. The zero-order valence-electron chi connectivity index (χ0n) is 9.09. The molecule has 0 fully saturated rings. The van der Waals surface area contributed by atoms with Gasteiger partial charge in [-0.05, 0) is 45.5 Å². The van der Waals surface area contributed by atoms with E-state index in [1.807, 2.05) is 0 Å². The number of hydrogen-bond donors (Lipinski definition) is 1. The zero-order valence-corrected chi connectivity index (χ0v) is 11.5. The molecular weight excluding hydrogens is 341 g/mol. The molecule has 1 N–H and O–H groups in total. The van der Waals surface area contributed by atoms with Crippen molar-refractivity contribution in [3.05, 3.63) is 50.4 Å². The summed E-state index contributed by atoms with van der Waals surface area (Å²) in [6.45, 7) is 0. The van der Waals surface area contributed by atoms with Gasteiger partial charge in [0.1, 0.15) is 12.0 Å². The summed E-state index contributed by atoms with van der Waals surface area (Å²) in [6.07, 6.45) is 1.06. The van der Waals surface area contributed by atoms with E-state index in [0.29, 0.717) is 0 Å². The molecule has 1 aromatic heterocycles. The fourth-order valence-electron chi connectivity index (χ4n) is 1.25. The number of hydrogen-bond acceptors (Lipinski definition) is 5. The number of amides is 1. The van der Waals surface area contributed by atoms with Crippen LogP contribution in [-0.2, 0) is 0 Å². The number of rotatable bonds is 3. The SMILES string of the molecule is O=C(Nc1ncc([N+](=O)[O-])s1)c1ccc(F)cc1Br. The van der Waals surface area contributed by atoms with Crippen molar-refractivity contribution in [1.82, 2.24) is 4.98 Å². The first-order chi connectivity index (χ1) is 8.97. The van der Waals surface area contributed by atoms with Gasteiger partial charge in [-0.2, -0.15) is 0 Å². The molecule has 0 radical (unpaired) electrons. The number of halogens is 2. The van der Waals surface area contributed by atoms with Crippen LogP contribution in [-0.4, -0.2) is 15.8 Å². The number of anilines is 1. The Balaban J connectivity index is 2.18. The smallest absolute Gasteiger partial charge is 0.298 e. The summed E-state index contributed by atoms with van der Waals surface area (Å²) in [4.78, 5) is 25.4. The minimum absolute atomic E-state index is 0.105. The Morgan fingerprint density at radius 1 is 1.53 bits per heavy atom. The molecule has 0 unspecified atom stereocenters. The van der Waals surface area contributed by atoms with Crippen LogP contribution in [0.15, 0.2) is 28.9 Å². The molecule has 0 saturated carbocycles. The molecule has 0 bridgehead atoms. The van der Waals surface area contributed by atoms with Crippen LogP contribution in [0.5, 0.6) is 0 Å². The molecule has 0 atom stereocenters. The van der Waals surface area contributed by atoms with Crippen molar-refractivity contribution in [2.24, 2.45) is 0 Å². The summed E-state index contributed by atoms with van der Waals surface area (Å²) in [5.74, 6) is -1.01. The number of nitrogens with one attached hydrogen (secondary N) is 1. The van der Waals surface area contributed by atoms with E-state index in [1.165, 1.54) is 6.07 Å².